The Bertz CT molecular complexity index is 1920. The van der Waals surface area contributed by atoms with Crippen LogP contribution in [0.1, 0.15) is 36.2 Å². The predicted molar refractivity (Wildman–Crippen MR) is 164 cm³/mol. The lowest BCUT2D eigenvalue weighted by atomic mass is 9.87. The Balaban J connectivity index is 1.36. The van der Waals surface area contributed by atoms with Gasteiger partial charge in [-0.1, -0.05) is 48.5 Å². The highest BCUT2D eigenvalue weighted by molar-refractivity contribution is 6.16. The largest absolute Gasteiger partial charge is 0.393 e. The highest BCUT2D eigenvalue weighted by Crippen LogP contribution is 2.39. The normalized spacial score (nSPS) is 17.3. The summed E-state index contributed by atoms with van der Waals surface area (Å²) in [5, 5.41) is 16.7. The fourth-order valence-corrected chi connectivity index (χ4v) is 6.27. The Morgan fingerprint density at radius 1 is 0.902 bits per heavy atom. The summed E-state index contributed by atoms with van der Waals surface area (Å²) in [6, 6.07) is 27.0. The van der Waals surface area contributed by atoms with Crippen LogP contribution in [0.3, 0.4) is 0 Å². The highest BCUT2D eigenvalue weighted by atomic mass is 16.3. The average Bonchev–Trinajstić information content (AvgIpc) is 3.35. The minimum absolute atomic E-state index is 0.206. The molecule has 3 aromatic heterocycles. The number of aliphatic hydroxyl groups is 1. The molecule has 3 aromatic carbocycles. The number of carbonyl (C=O) groups is 1. The number of para-hydroxylation sites is 2. The van der Waals surface area contributed by atoms with Gasteiger partial charge in [-0.2, -0.15) is 0 Å². The average molecular weight is 542 g/mol. The third kappa shape index (κ3) is 4.58. The second kappa shape index (κ2) is 10.3. The van der Waals surface area contributed by atoms with E-state index in [1.54, 1.807) is 6.20 Å². The summed E-state index contributed by atoms with van der Waals surface area (Å²) in [6.45, 7) is 0.699. The van der Waals surface area contributed by atoms with Crippen LogP contribution in [0.2, 0.25) is 0 Å². The van der Waals surface area contributed by atoms with E-state index >= 15 is 0 Å². The number of benzene rings is 3. The van der Waals surface area contributed by atoms with Crippen molar-refractivity contribution in [3.05, 3.63) is 97.0 Å². The van der Waals surface area contributed by atoms with Crippen LogP contribution in [0, 0.1) is 5.92 Å². The molecule has 1 fully saturated rings. The molecule has 0 aliphatic heterocycles. The Labute approximate surface area is 237 Å². The Morgan fingerprint density at radius 2 is 1.68 bits per heavy atom. The molecule has 7 heteroatoms. The molecule has 204 valence electrons. The van der Waals surface area contributed by atoms with Gasteiger partial charge >= 0.3 is 0 Å². The third-order valence-corrected chi connectivity index (χ3v) is 8.36. The number of carbonyl (C=O) groups excluding carboxylic acids is 1. The molecule has 7 nitrogen and oxygen atoms in total. The Kier molecular flexibility index (Phi) is 6.36. The first-order chi connectivity index (χ1) is 20.1. The standard InChI is InChI=1S/C34H31N5O2/c35-34(41)33-29(36-18-21-12-14-25(40)15-13-21)17-24(20-38-33)39-30-10-4-2-7-27(30)32-26(8-5-11-31(32)39)23-16-22-6-1-3-9-28(22)37-19-23/h1-11,16-17,19-21,25,36,40H,12-15,18H2,(H2,35,41). The molecule has 0 bridgehead atoms. The van der Waals surface area contributed by atoms with E-state index in [0.717, 1.165) is 75.2 Å². The van der Waals surface area contributed by atoms with Gasteiger partial charge in [-0.15, -0.1) is 0 Å². The molecular formula is C34H31N5O2. The van der Waals surface area contributed by atoms with Crippen LogP contribution in [0.15, 0.2) is 91.3 Å². The van der Waals surface area contributed by atoms with Crippen LogP contribution in [0.25, 0.3) is 49.5 Å². The number of nitrogens with zero attached hydrogens (tertiary/aromatic N) is 3. The van der Waals surface area contributed by atoms with Gasteiger partial charge in [0, 0.05) is 34.5 Å². The number of hydrogen-bond acceptors (Lipinski definition) is 5. The molecule has 0 unspecified atom stereocenters. The Hall–Kier alpha value is -4.75. The van der Waals surface area contributed by atoms with Crippen molar-refractivity contribution in [3.63, 3.8) is 0 Å². The van der Waals surface area contributed by atoms with Crippen molar-refractivity contribution < 1.29 is 9.90 Å². The first-order valence-corrected chi connectivity index (χ1v) is 14.2. The van der Waals surface area contributed by atoms with E-state index < -0.39 is 5.91 Å². The molecule has 1 saturated carbocycles. The van der Waals surface area contributed by atoms with Crippen molar-refractivity contribution in [3.8, 4) is 16.8 Å². The van der Waals surface area contributed by atoms with Crippen LogP contribution in [0.4, 0.5) is 5.69 Å². The maximum Gasteiger partial charge on any atom is 0.269 e. The quantitative estimate of drug-likeness (QED) is 0.225. The number of amides is 1. The number of nitrogens with one attached hydrogen (secondary N) is 1. The van der Waals surface area contributed by atoms with Crippen LogP contribution >= 0.6 is 0 Å². The zero-order chi connectivity index (χ0) is 27.9. The minimum Gasteiger partial charge on any atom is -0.393 e. The molecule has 1 aliphatic rings. The molecule has 4 N–H and O–H groups in total. The number of pyridine rings is 2. The SMILES string of the molecule is NC(=O)c1ncc(-n2c3ccccc3c3c(-c4cnc5ccccc5c4)cccc32)cc1NCC1CCC(O)CC1. The maximum atomic E-state index is 12.3. The van der Waals surface area contributed by atoms with Gasteiger partial charge in [-0.3, -0.25) is 9.78 Å². The number of aromatic nitrogens is 3. The lowest BCUT2D eigenvalue weighted by Crippen LogP contribution is -2.25. The molecule has 41 heavy (non-hydrogen) atoms. The van der Waals surface area contributed by atoms with E-state index in [1.807, 2.05) is 36.5 Å². The zero-order valence-electron chi connectivity index (χ0n) is 22.6. The summed E-state index contributed by atoms with van der Waals surface area (Å²) in [7, 11) is 0. The van der Waals surface area contributed by atoms with Crippen molar-refractivity contribution in [2.24, 2.45) is 11.7 Å². The van der Waals surface area contributed by atoms with Gasteiger partial charge in [-0.25, -0.2) is 4.98 Å². The summed E-state index contributed by atoms with van der Waals surface area (Å²) < 4.78 is 2.20. The fourth-order valence-electron chi connectivity index (χ4n) is 6.27. The smallest absolute Gasteiger partial charge is 0.269 e. The van der Waals surface area contributed by atoms with Crippen molar-refractivity contribution in [2.45, 2.75) is 31.8 Å². The van der Waals surface area contributed by atoms with E-state index in [4.69, 9.17) is 10.7 Å². The van der Waals surface area contributed by atoms with Gasteiger partial charge in [0.15, 0.2) is 5.69 Å². The van der Waals surface area contributed by atoms with Gasteiger partial charge in [0.25, 0.3) is 5.91 Å². The van der Waals surface area contributed by atoms with Crippen molar-refractivity contribution >= 4 is 44.3 Å². The molecule has 3 heterocycles. The molecule has 0 atom stereocenters. The first-order valence-electron chi connectivity index (χ1n) is 14.2. The van der Waals surface area contributed by atoms with Gasteiger partial charge in [0.2, 0.25) is 0 Å². The number of rotatable bonds is 6. The molecule has 1 amide bonds. The van der Waals surface area contributed by atoms with E-state index in [1.165, 1.54) is 0 Å². The van der Waals surface area contributed by atoms with Gasteiger partial charge in [0.1, 0.15) is 0 Å². The second-order valence-corrected chi connectivity index (χ2v) is 11.0. The number of fused-ring (bicyclic) bond motifs is 4. The van der Waals surface area contributed by atoms with Crippen LogP contribution in [-0.2, 0) is 0 Å². The number of hydrogen-bond donors (Lipinski definition) is 3. The molecule has 0 saturated heterocycles. The lowest BCUT2D eigenvalue weighted by Gasteiger charge is -2.26. The highest BCUT2D eigenvalue weighted by Gasteiger charge is 2.22. The van der Waals surface area contributed by atoms with Gasteiger partial charge in [-0.05, 0) is 67.5 Å². The molecule has 0 radical (unpaired) electrons. The summed E-state index contributed by atoms with van der Waals surface area (Å²) >= 11 is 0. The minimum atomic E-state index is -0.563. The summed E-state index contributed by atoms with van der Waals surface area (Å²) in [5.74, 6) is -0.138. The number of aliphatic hydroxyl groups excluding tert-OH is 1. The van der Waals surface area contributed by atoms with E-state index in [9.17, 15) is 9.90 Å². The summed E-state index contributed by atoms with van der Waals surface area (Å²) in [5.41, 5.74) is 12.6. The van der Waals surface area contributed by atoms with E-state index in [2.05, 4.69) is 63.4 Å². The number of primary amides is 1. The number of anilines is 1. The van der Waals surface area contributed by atoms with Crippen molar-refractivity contribution in [2.75, 3.05) is 11.9 Å². The van der Waals surface area contributed by atoms with Gasteiger partial charge in [0.05, 0.1) is 40.2 Å². The lowest BCUT2D eigenvalue weighted by molar-refractivity contribution is 0.0996. The van der Waals surface area contributed by atoms with E-state index in [-0.39, 0.29) is 11.8 Å². The topological polar surface area (TPSA) is 106 Å². The maximum absolute atomic E-state index is 12.3. The zero-order valence-corrected chi connectivity index (χ0v) is 22.6. The van der Waals surface area contributed by atoms with Gasteiger partial charge < -0.3 is 20.7 Å². The number of nitrogens with two attached hydrogens (primary N) is 1. The monoisotopic (exact) mass is 541 g/mol. The Morgan fingerprint density at radius 3 is 2.54 bits per heavy atom. The third-order valence-electron chi connectivity index (χ3n) is 8.36. The molecule has 0 spiro atoms. The predicted octanol–water partition coefficient (Wildman–Crippen LogP) is 6.46. The second-order valence-electron chi connectivity index (χ2n) is 11.0. The van der Waals surface area contributed by atoms with Crippen molar-refractivity contribution in [1.29, 1.82) is 0 Å². The van der Waals surface area contributed by atoms with Crippen LogP contribution < -0.4 is 11.1 Å². The van der Waals surface area contributed by atoms with Crippen LogP contribution in [0.5, 0.6) is 0 Å². The van der Waals surface area contributed by atoms with Crippen LogP contribution in [-0.4, -0.2) is 38.2 Å². The van der Waals surface area contributed by atoms with Crippen molar-refractivity contribution in [1.82, 2.24) is 14.5 Å². The summed E-state index contributed by atoms with van der Waals surface area (Å²) in [6.07, 6.45) is 6.98. The molecule has 6 aromatic rings. The molecular weight excluding hydrogens is 510 g/mol. The first kappa shape index (κ1) is 25.2. The fraction of sp³-hybridized carbons (Fsp3) is 0.206. The van der Waals surface area contributed by atoms with E-state index in [0.29, 0.717) is 18.2 Å². The molecule has 1 aliphatic carbocycles. The molecule has 7 rings (SSSR count). The summed E-state index contributed by atoms with van der Waals surface area (Å²) in [4.78, 5) is 21.6.